The van der Waals surface area contributed by atoms with E-state index >= 15 is 0 Å². The minimum atomic E-state index is -4.55. The van der Waals surface area contributed by atoms with Crippen LogP contribution in [0.15, 0.2) is 24.3 Å². The summed E-state index contributed by atoms with van der Waals surface area (Å²) in [5, 5.41) is 9.49. The van der Waals surface area contributed by atoms with E-state index < -0.39 is 23.8 Å². The first-order valence-corrected chi connectivity index (χ1v) is 6.03. The van der Waals surface area contributed by atoms with Crippen molar-refractivity contribution in [3.8, 4) is 0 Å². The van der Waals surface area contributed by atoms with Gasteiger partial charge in [0, 0.05) is 13.1 Å². The Morgan fingerprint density at radius 1 is 1.32 bits per heavy atom. The van der Waals surface area contributed by atoms with Crippen LogP contribution in [-0.2, 0) is 6.18 Å². The molecule has 3 nitrogen and oxygen atoms in total. The Morgan fingerprint density at radius 2 is 2.00 bits per heavy atom. The second-order valence-corrected chi connectivity index (χ2v) is 4.59. The quantitative estimate of drug-likeness (QED) is 0.853. The van der Waals surface area contributed by atoms with E-state index in [9.17, 15) is 23.1 Å². The van der Waals surface area contributed by atoms with Gasteiger partial charge in [0.1, 0.15) is 0 Å². The second kappa shape index (κ2) is 5.21. The first-order valence-electron chi connectivity index (χ1n) is 6.03. The van der Waals surface area contributed by atoms with Crippen LogP contribution in [0.4, 0.5) is 13.2 Å². The van der Waals surface area contributed by atoms with E-state index in [0.717, 1.165) is 6.07 Å². The lowest BCUT2D eigenvalue weighted by Gasteiger charge is -2.30. The topological polar surface area (TPSA) is 40.5 Å². The molecular formula is C13H14F3NO2. The van der Waals surface area contributed by atoms with Gasteiger partial charge in [0.25, 0.3) is 5.91 Å². The molecule has 1 amide bonds. The van der Waals surface area contributed by atoms with Crippen LogP contribution >= 0.6 is 0 Å². The Labute approximate surface area is 108 Å². The summed E-state index contributed by atoms with van der Waals surface area (Å²) in [5.74, 6) is -0.674. The molecule has 1 heterocycles. The summed E-state index contributed by atoms with van der Waals surface area (Å²) in [7, 11) is 0. The molecular weight excluding hydrogens is 259 g/mol. The molecule has 2 rings (SSSR count). The average Bonchev–Trinajstić information content (AvgIpc) is 2.37. The average molecular weight is 273 g/mol. The molecule has 0 bridgehead atoms. The predicted octanol–water partition coefficient (Wildman–Crippen LogP) is 2.30. The molecule has 19 heavy (non-hydrogen) atoms. The summed E-state index contributed by atoms with van der Waals surface area (Å²) in [5.41, 5.74) is -1.29. The molecule has 1 N–H and O–H groups in total. The van der Waals surface area contributed by atoms with Crippen LogP contribution in [0, 0.1) is 0 Å². The molecule has 6 heteroatoms. The molecule has 1 aliphatic rings. The zero-order chi connectivity index (χ0) is 14.0. The van der Waals surface area contributed by atoms with Gasteiger partial charge in [0.2, 0.25) is 0 Å². The number of nitrogens with zero attached hydrogens (tertiary/aromatic N) is 1. The summed E-state index contributed by atoms with van der Waals surface area (Å²) in [6, 6.07) is 4.73. The number of alkyl halides is 3. The van der Waals surface area contributed by atoms with E-state index in [4.69, 9.17) is 0 Å². The number of rotatable bonds is 1. The number of hydrogen-bond donors (Lipinski definition) is 1. The molecule has 1 aromatic carbocycles. The van der Waals surface area contributed by atoms with Gasteiger partial charge in [-0.15, -0.1) is 0 Å². The van der Waals surface area contributed by atoms with E-state index in [2.05, 4.69) is 0 Å². The van der Waals surface area contributed by atoms with E-state index in [1.165, 1.54) is 23.1 Å². The third-order valence-corrected chi connectivity index (χ3v) is 3.15. The van der Waals surface area contributed by atoms with Crippen molar-refractivity contribution < 1.29 is 23.1 Å². The van der Waals surface area contributed by atoms with Crippen molar-refractivity contribution in [3.63, 3.8) is 0 Å². The SMILES string of the molecule is O=C(c1ccccc1C(F)(F)F)N1CCC[C@H](O)C1. The Morgan fingerprint density at radius 3 is 2.63 bits per heavy atom. The highest BCUT2D eigenvalue weighted by Gasteiger charge is 2.36. The minimum Gasteiger partial charge on any atom is -0.391 e. The molecule has 1 atom stereocenters. The Balaban J connectivity index is 2.29. The lowest BCUT2D eigenvalue weighted by atomic mass is 10.0. The number of halogens is 3. The smallest absolute Gasteiger partial charge is 0.391 e. The normalized spacial score (nSPS) is 20.4. The van der Waals surface area contributed by atoms with Gasteiger partial charge in [-0.1, -0.05) is 12.1 Å². The van der Waals surface area contributed by atoms with Crippen molar-refractivity contribution in [2.45, 2.75) is 25.1 Å². The fraction of sp³-hybridized carbons (Fsp3) is 0.462. The number of benzene rings is 1. The van der Waals surface area contributed by atoms with Crippen LogP contribution in [0.1, 0.15) is 28.8 Å². The Hall–Kier alpha value is -1.56. The van der Waals surface area contributed by atoms with Crippen LogP contribution in [0.5, 0.6) is 0 Å². The van der Waals surface area contributed by atoms with Crippen LogP contribution < -0.4 is 0 Å². The summed E-state index contributed by atoms with van der Waals surface area (Å²) in [6.45, 7) is 0.465. The van der Waals surface area contributed by atoms with Gasteiger partial charge in [-0.05, 0) is 25.0 Å². The highest BCUT2D eigenvalue weighted by molar-refractivity contribution is 5.96. The highest BCUT2D eigenvalue weighted by atomic mass is 19.4. The predicted molar refractivity (Wildman–Crippen MR) is 62.6 cm³/mol. The standard InChI is InChI=1S/C13H14F3NO2/c14-13(15,16)11-6-2-1-5-10(11)12(19)17-7-3-4-9(18)8-17/h1-2,5-6,9,18H,3-4,7-8H2/t9-/m0/s1. The summed E-state index contributed by atoms with van der Waals surface area (Å²) in [6.07, 6.45) is -4.04. The van der Waals surface area contributed by atoms with Crippen molar-refractivity contribution in [3.05, 3.63) is 35.4 Å². The lowest BCUT2D eigenvalue weighted by Crippen LogP contribution is -2.42. The maximum absolute atomic E-state index is 12.8. The first-order chi connectivity index (χ1) is 8.89. The molecule has 104 valence electrons. The second-order valence-electron chi connectivity index (χ2n) is 4.59. The van der Waals surface area contributed by atoms with Crippen molar-refractivity contribution in [1.29, 1.82) is 0 Å². The van der Waals surface area contributed by atoms with Crippen LogP contribution in [0.2, 0.25) is 0 Å². The third-order valence-electron chi connectivity index (χ3n) is 3.15. The molecule has 0 unspecified atom stereocenters. The van der Waals surface area contributed by atoms with Crippen molar-refractivity contribution >= 4 is 5.91 Å². The van der Waals surface area contributed by atoms with Gasteiger partial charge in [0.15, 0.2) is 0 Å². The molecule has 1 saturated heterocycles. The van der Waals surface area contributed by atoms with E-state index in [1.54, 1.807) is 0 Å². The fourth-order valence-electron chi connectivity index (χ4n) is 2.23. The van der Waals surface area contributed by atoms with Gasteiger partial charge in [-0.25, -0.2) is 0 Å². The number of carbonyl (C=O) groups is 1. The zero-order valence-electron chi connectivity index (χ0n) is 10.2. The number of hydrogen-bond acceptors (Lipinski definition) is 2. The van der Waals surface area contributed by atoms with Crippen molar-refractivity contribution in [1.82, 2.24) is 4.90 Å². The third kappa shape index (κ3) is 3.07. The maximum atomic E-state index is 12.8. The molecule has 0 radical (unpaired) electrons. The lowest BCUT2D eigenvalue weighted by molar-refractivity contribution is -0.138. The highest BCUT2D eigenvalue weighted by Crippen LogP contribution is 2.32. The number of carbonyl (C=O) groups excluding carboxylic acids is 1. The van der Waals surface area contributed by atoms with E-state index in [-0.39, 0.29) is 12.1 Å². The van der Waals surface area contributed by atoms with Crippen LogP contribution in [-0.4, -0.2) is 35.1 Å². The fourth-order valence-corrected chi connectivity index (χ4v) is 2.23. The van der Waals surface area contributed by atoms with Crippen molar-refractivity contribution in [2.24, 2.45) is 0 Å². The monoisotopic (exact) mass is 273 g/mol. The largest absolute Gasteiger partial charge is 0.417 e. The molecule has 1 fully saturated rings. The van der Waals surface area contributed by atoms with E-state index in [1.807, 2.05) is 0 Å². The molecule has 0 aliphatic carbocycles. The summed E-state index contributed by atoms with van der Waals surface area (Å²) in [4.78, 5) is 13.4. The number of piperidine rings is 1. The summed E-state index contributed by atoms with van der Waals surface area (Å²) >= 11 is 0. The van der Waals surface area contributed by atoms with Crippen LogP contribution in [0.25, 0.3) is 0 Å². The zero-order valence-corrected chi connectivity index (χ0v) is 10.2. The van der Waals surface area contributed by atoms with Gasteiger partial charge >= 0.3 is 6.18 Å². The number of aliphatic hydroxyl groups is 1. The number of likely N-dealkylation sites (tertiary alicyclic amines) is 1. The van der Waals surface area contributed by atoms with Crippen molar-refractivity contribution in [2.75, 3.05) is 13.1 Å². The molecule has 1 aliphatic heterocycles. The van der Waals surface area contributed by atoms with Crippen LogP contribution in [0.3, 0.4) is 0 Å². The van der Waals surface area contributed by atoms with Gasteiger partial charge in [-0.2, -0.15) is 13.2 Å². The number of β-amino-alcohol motifs (C(OH)–C–C–N with tert-alkyl or cyclic N) is 1. The minimum absolute atomic E-state index is 0.0883. The van der Waals surface area contributed by atoms with Gasteiger partial charge in [0.05, 0.1) is 17.2 Å². The molecule has 0 saturated carbocycles. The number of aliphatic hydroxyl groups excluding tert-OH is 1. The first kappa shape index (κ1) is 13.9. The van der Waals surface area contributed by atoms with Gasteiger partial charge < -0.3 is 10.0 Å². The molecule has 0 spiro atoms. The van der Waals surface area contributed by atoms with Gasteiger partial charge in [-0.3, -0.25) is 4.79 Å². The molecule has 1 aromatic rings. The molecule has 0 aromatic heterocycles. The number of amides is 1. The maximum Gasteiger partial charge on any atom is 0.417 e. The Kier molecular flexibility index (Phi) is 3.80. The van der Waals surface area contributed by atoms with E-state index in [0.29, 0.717) is 19.4 Å². The summed E-state index contributed by atoms with van der Waals surface area (Å²) < 4.78 is 38.5. The Bertz CT molecular complexity index is 473.